The van der Waals surface area contributed by atoms with E-state index in [2.05, 4.69) is 27.4 Å². The molecule has 5 rings (SSSR count). The first kappa shape index (κ1) is 22.3. The molecule has 2 aromatic heterocycles. The zero-order valence-electron chi connectivity index (χ0n) is 19.5. The van der Waals surface area contributed by atoms with Crippen molar-refractivity contribution >= 4 is 23.1 Å². The summed E-state index contributed by atoms with van der Waals surface area (Å²) < 4.78 is 7.33. The van der Waals surface area contributed by atoms with Crippen molar-refractivity contribution in [2.75, 3.05) is 38.2 Å². The molecule has 1 N–H and O–H groups in total. The minimum atomic E-state index is -0.366. The molecule has 8 heteroatoms. The van der Waals surface area contributed by atoms with E-state index in [0.29, 0.717) is 25.0 Å². The number of pyridine rings is 1. The number of hydrogen-bond acceptors (Lipinski definition) is 5. The number of fused-ring (bicyclic) bond motifs is 1. The van der Waals surface area contributed by atoms with Crippen molar-refractivity contribution in [3.63, 3.8) is 0 Å². The van der Waals surface area contributed by atoms with Gasteiger partial charge < -0.3 is 9.64 Å². The molecule has 8 nitrogen and oxygen atoms in total. The Morgan fingerprint density at radius 3 is 2.58 bits per heavy atom. The van der Waals surface area contributed by atoms with Gasteiger partial charge in [-0.15, -0.1) is 0 Å². The fourth-order valence-electron chi connectivity index (χ4n) is 5.76. The number of carbonyl (C=O) groups excluding carboxylic acids is 2. The smallest absolute Gasteiger partial charge is 0.328 e. The van der Waals surface area contributed by atoms with Crippen molar-refractivity contribution < 1.29 is 14.3 Å². The van der Waals surface area contributed by atoms with Crippen molar-refractivity contribution in [2.24, 2.45) is 11.8 Å². The molecule has 33 heavy (non-hydrogen) atoms. The van der Waals surface area contributed by atoms with Crippen LogP contribution in [0.25, 0.3) is 5.52 Å². The van der Waals surface area contributed by atoms with Gasteiger partial charge in [-0.25, -0.2) is 9.31 Å². The zero-order valence-corrected chi connectivity index (χ0v) is 19.5. The number of rotatable bonds is 6. The van der Waals surface area contributed by atoms with Gasteiger partial charge in [0.1, 0.15) is 0 Å². The molecule has 3 aliphatic rings. The van der Waals surface area contributed by atoms with E-state index in [1.807, 2.05) is 17.8 Å². The monoisotopic (exact) mass is 453 g/mol. The van der Waals surface area contributed by atoms with Gasteiger partial charge in [-0.05, 0) is 87.6 Å². The van der Waals surface area contributed by atoms with E-state index in [1.54, 1.807) is 11.1 Å². The van der Waals surface area contributed by atoms with Gasteiger partial charge in [0.25, 0.3) is 0 Å². The number of urea groups is 1. The maximum Gasteiger partial charge on any atom is 0.328 e. The van der Waals surface area contributed by atoms with E-state index in [1.165, 1.54) is 63.7 Å². The lowest BCUT2D eigenvalue weighted by molar-refractivity contribution is -0.120. The lowest BCUT2D eigenvalue weighted by Gasteiger charge is -2.36. The van der Waals surface area contributed by atoms with Crippen molar-refractivity contribution in [3.05, 3.63) is 30.1 Å². The first-order valence-electron chi connectivity index (χ1n) is 12.4. The van der Waals surface area contributed by atoms with Crippen LogP contribution in [-0.2, 0) is 16.0 Å². The molecular weight excluding hydrogens is 418 g/mol. The second-order valence-corrected chi connectivity index (χ2v) is 9.98. The SMILES string of the molecule is CO[C@H]1CC[C@@H](CN2CCC(Cc3ccn4ncc(N5CCC(=O)NC5=O)c4c3)CC2)CC1. The second-order valence-electron chi connectivity index (χ2n) is 9.98. The van der Waals surface area contributed by atoms with E-state index in [9.17, 15) is 9.59 Å². The van der Waals surface area contributed by atoms with Gasteiger partial charge in [0.15, 0.2) is 0 Å². The molecule has 3 fully saturated rings. The molecule has 3 amide bonds. The van der Waals surface area contributed by atoms with Gasteiger partial charge in [0.2, 0.25) is 5.91 Å². The van der Waals surface area contributed by atoms with Crippen LogP contribution in [0.5, 0.6) is 0 Å². The van der Waals surface area contributed by atoms with Gasteiger partial charge >= 0.3 is 6.03 Å². The van der Waals surface area contributed by atoms with E-state index in [-0.39, 0.29) is 11.9 Å². The summed E-state index contributed by atoms with van der Waals surface area (Å²) in [5.74, 6) is 1.30. The number of methoxy groups -OCH3 is 1. The van der Waals surface area contributed by atoms with Crippen molar-refractivity contribution in [2.45, 2.75) is 57.5 Å². The molecule has 1 aliphatic carbocycles. The predicted molar refractivity (Wildman–Crippen MR) is 126 cm³/mol. The molecule has 0 spiro atoms. The molecule has 0 atom stereocenters. The quantitative estimate of drug-likeness (QED) is 0.726. The number of ether oxygens (including phenoxy) is 1. The fraction of sp³-hybridized carbons (Fsp3) is 0.640. The molecule has 0 radical (unpaired) electrons. The highest BCUT2D eigenvalue weighted by molar-refractivity contribution is 6.07. The molecule has 0 unspecified atom stereocenters. The third kappa shape index (κ3) is 5.06. The number of carbonyl (C=O) groups is 2. The number of likely N-dealkylation sites (tertiary alicyclic amines) is 1. The van der Waals surface area contributed by atoms with Crippen LogP contribution in [0, 0.1) is 11.8 Å². The predicted octanol–water partition coefficient (Wildman–Crippen LogP) is 3.24. The van der Waals surface area contributed by atoms with Crippen LogP contribution in [0.4, 0.5) is 10.5 Å². The Kier molecular flexibility index (Phi) is 6.64. The van der Waals surface area contributed by atoms with Crippen molar-refractivity contribution in [1.29, 1.82) is 0 Å². The second kappa shape index (κ2) is 9.81. The van der Waals surface area contributed by atoms with Crippen LogP contribution in [0.15, 0.2) is 24.5 Å². The Morgan fingerprint density at radius 2 is 1.85 bits per heavy atom. The van der Waals surface area contributed by atoms with Gasteiger partial charge in [0, 0.05) is 32.8 Å². The Labute approximate surface area is 195 Å². The summed E-state index contributed by atoms with van der Waals surface area (Å²) in [6.45, 7) is 4.02. The summed E-state index contributed by atoms with van der Waals surface area (Å²) >= 11 is 0. The number of hydrogen-bond donors (Lipinski definition) is 1. The Morgan fingerprint density at radius 1 is 1.06 bits per heavy atom. The Hall–Kier alpha value is -2.45. The number of piperidine rings is 1. The van der Waals surface area contributed by atoms with Gasteiger partial charge in [-0.2, -0.15) is 5.10 Å². The lowest BCUT2D eigenvalue weighted by Crippen LogP contribution is -2.49. The van der Waals surface area contributed by atoms with Gasteiger partial charge in [0.05, 0.1) is 23.5 Å². The normalized spacial score (nSPS) is 25.5. The number of nitrogens with one attached hydrogen (secondary N) is 1. The standard InChI is InChI=1S/C25H35N5O3/c1-33-21-4-2-19(3-5-21)17-28-10-6-18(7-11-28)14-20-8-13-30-22(15-20)23(16-26-30)29-12-9-24(31)27-25(29)32/h8,13,15-16,18-19,21H,2-7,9-12,14,17H2,1H3,(H,27,31,32)/t19-,21+. The van der Waals surface area contributed by atoms with Gasteiger partial charge in [-0.3, -0.25) is 15.0 Å². The van der Waals surface area contributed by atoms with Crippen molar-refractivity contribution in [1.82, 2.24) is 19.8 Å². The molecule has 178 valence electrons. The van der Waals surface area contributed by atoms with E-state index in [0.717, 1.165) is 23.5 Å². The molecule has 2 saturated heterocycles. The minimum absolute atomic E-state index is 0.220. The average molecular weight is 454 g/mol. The largest absolute Gasteiger partial charge is 0.381 e. The zero-order chi connectivity index (χ0) is 22.8. The highest BCUT2D eigenvalue weighted by atomic mass is 16.5. The summed E-state index contributed by atoms with van der Waals surface area (Å²) in [5, 5.41) is 6.81. The van der Waals surface area contributed by atoms with Crippen LogP contribution in [0.2, 0.25) is 0 Å². The summed E-state index contributed by atoms with van der Waals surface area (Å²) in [4.78, 5) is 28.1. The Bertz CT molecular complexity index is 989. The van der Waals surface area contributed by atoms with Crippen LogP contribution in [-0.4, -0.2) is 65.8 Å². The summed E-state index contributed by atoms with van der Waals surface area (Å²) in [6, 6.07) is 3.94. The molecular formula is C25H35N5O3. The summed E-state index contributed by atoms with van der Waals surface area (Å²) in [5.41, 5.74) is 2.97. The third-order valence-corrected chi connectivity index (χ3v) is 7.79. The number of anilines is 1. The maximum atomic E-state index is 12.3. The molecule has 0 bridgehead atoms. The highest BCUT2D eigenvalue weighted by Gasteiger charge is 2.28. The lowest BCUT2D eigenvalue weighted by atomic mass is 9.85. The van der Waals surface area contributed by atoms with Crippen molar-refractivity contribution in [3.8, 4) is 0 Å². The van der Waals surface area contributed by atoms with Crippen LogP contribution in [0.1, 0.15) is 50.5 Å². The van der Waals surface area contributed by atoms with Crippen LogP contribution >= 0.6 is 0 Å². The van der Waals surface area contributed by atoms with E-state index < -0.39 is 0 Å². The number of aromatic nitrogens is 2. The van der Waals surface area contributed by atoms with Crippen LogP contribution in [0.3, 0.4) is 0 Å². The number of nitrogens with zero attached hydrogens (tertiary/aromatic N) is 4. The summed E-state index contributed by atoms with van der Waals surface area (Å²) in [6.07, 6.45) is 13.0. The molecule has 2 aromatic rings. The molecule has 0 aromatic carbocycles. The van der Waals surface area contributed by atoms with Crippen LogP contribution < -0.4 is 10.2 Å². The van der Waals surface area contributed by atoms with E-state index in [4.69, 9.17) is 4.74 Å². The number of amides is 3. The summed E-state index contributed by atoms with van der Waals surface area (Å²) in [7, 11) is 1.84. The molecule has 1 saturated carbocycles. The van der Waals surface area contributed by atoms with E-state index >= 15 is 0 Å². The first-order chi connectivity index (χ1) is 16.1. The molecule has 2 aliphatic heterocycles. The minimum Gasteiger partial charge on any atom is -0.381 e. The van der Waals surface area contributed by atoms with Gasteiger partial charge in [-0.1, -0.05) is 0 Å². The third-order valence-electron chi connectivity index (χ3n) is 7.79. The highest BCUT2D eigenvalue weighted by Crippen LogP contribution is 2.30. The number of imide groups is 1. The average Bonchev–Trinajstić information content (AvgIpc) is 3.24. The first-order valence-corrected chi connectivity index (χ1v) is 12.4. The Balaban J connectivity index is 1.17. The topological polar surface area (TPSA) is 79.2 Å². The maximum absolute atomic E-state index is 12.3. The molecule has 4 heterocycles. The fourth-order valence-corrected chi connectivity index (χ4v) is 5.76.